The average Bonchev–Trinajstić information content (AvgIpc) is 2.92. The van der Waals surface area contributed by atoms with Crippen LogP contribution in [0, 0.1) is 0 Å². The summed E-state index contributed by atoms with van der Waals surface area (Å²) in [6, 6.07) is 11.6. The summed E-state index contributed by atoms with van der Waals surface area (Å²) in [5.41, 5.74) is 0.373. The molecule has 27 heavy (non-hydrogen) atoms. The minimum atomic E-state index is -0.437. The van der Waals surface area contributed by atoms with E-state index in [9.17, 15) is 14.7 Å². The van der Waals surface area contributed by atoms with Crippen molar-refractivity contribution in [3.63, 3.8) is 0 Å². The first kappa shape index (κ1) is 19.1. The quantitative estimate of drug-likeness (QED) is 0.727. The number of thioether (sulfide) groups is 1. The molecule has 6 nitrogen and oxygen atoms in total. The molecule has 0 aromatic heterocycles. The summed E-state index contributed by atoms with van der Waals surface area (Å²) in [5.74, 6) is 0.646. The molecule has 2 aromatic rings. The van der Waals surface area contributed by atoms with Crippen LogP contribution in [-0.2, 0) is 4.79 Å². The van der Waals surface area contributed by atoms with E-state index < -0.39 is 11.1 Å². The Labute approximate surface area is 165 Å². The van der Waals surface area contributed by atoms with Crippen molar-refractivity contribution in [2.75, 3.05) is 20.3 Å². The number of halogens is 1. The molecule has 2 amide bonds. The number of methoxy groups -OCH3 is 1. The van der Waals surface area contributed by atoms with Crippen LogP contribution in [0.5, 0.6) is 17.2 Å². The lowest BCUT2D eigenvalue weighted by Crippen LogP contribution is -2.32. The summed E-state index contributed by atoms with van der Waals surface area (Å²) in [6.45, 7) is 0.232. The van der Waals surface area contributed by atoms with Gasteiger partial charge in [0.25, 0.3) is 11.1 Å². The van der Waals surface area contributed by atoms with Gasteiger partial charge in [0.2, 0.25) is 0 Å². The first-order valence-electron chi connectivity index (χ1n) is 7.99. The second kappa shape index (κ2) is 8.37. The molecule has 0 radical (unpaired) electrons. The number of nitrogens with zero attached hydrogens (tertiary/aromatic N) is 1. The number of aromatic hydroxyl groups is 1. The highest BCUT2D eigenvalue weighted by molar-refractivity contribution is 8.18. The summed E-state index contributed by atoms with van der Waals surface area (Å²) in [7, 11) is 1.54. The predicted octanol–water partition coefficient (Wildman–Crippen LogP) is 4.17. The Balaban J connectivity index is 1.67. The van der Waals surface area contributed by atoms with E-state index in [1.165, 1.54) is 31.4 Å². The molecule has 140 valence electrons. The third-order valence-corrected chi connectivity index (χ3v) is 4.93. The Morgan fingerprint density at radius 3 is 2.67 bits per heavy atom. The monoisotopic (exact) mass is 405 g/mol. The number of hydrogen-bond donors (Lipinski definition) is 1. The van der Waals surface area contributed by atoms with Gasteiger partial charge < -0.3 is 14.6 Å². The zero-order valence-corrected chi connectivity index (χ0v) is 15.9. The Morgan fingerprint density at radius 2 is 1.93 bits per heavy atom. The molecule has 0 aliphatic carbocycles. The second-order valence-electron chi connectivity index (χ2n) is 5.54. The Kier molecular flexibility index (Phi) is 5.93. The van der Waals surface area contributed by atoms with Gasteiger partial charge in [-0.05, 0) is 48.2 Å². The van der Waals surface area contributed by atoms with Crippen LogP contribution in [-0.4, -0.2) is 41.4 Å². The number of phenolic OH excluding ortho intramolecular Hbond substituents is 1. The van der Waals surface area contributed by atoms with Crippen LogP contribution in [0.3, 0.4) is 0 Å². The Morgan fingerprint density at radius 1 is 1.19 bits per heavy atom. The van der Waals surface area contributed by atoms with Crippen molar-refractivity contribution >= 4 is 40.6 Å². The number of phenols is 1. The normalized spacial score (nSPS) is 15.5. The van der Waals surface area contributed by atoms with E-state index in [1.807, 2.05) is 6.07 Å². The summed E-state index contributed by atoms with van der Waals surface area (Å²) in [4.78, 5) is 26.0. The molecule has 1 heterocycles. The molecule has 1 aliphatic rings. The summed E-state index contributed by atoms with van der Waals surface area (Å²) >= 11 is 6.72. The van der Waals surface area contributed by atoms with Crippen LogP contribution in [0.4, 0.5) is 4.79 Å². The fraction of sp³-hybridized carbons (Fsp3) is 0.158. The van der Waals surface area contributed by atoms with Crippen LogP contribution in [0.25, 0.3) is 6.08 Å². The van der Waals surface area contributed by atoms with Crippen molar-refractivity contribution in [1.29, 1.82) is 0 Å². The van der Waals surface area contributed by atoms with Gasteiger partial charge in [-0.25, -0.2) is 0 Å². The molecule has 0 spiro atoms. The molecule has 1 aliphatic heterocycles. The van der Waals surface area contributed by atoms with E-state index in [4.69, 9.17) is 21.1 Å². The van der Waals surface area contributed by atoms with Crippen LogP contribution in [0.15, 0.2) is 47.4 Å². The number of carbonyl (C=O) groups excluding carboxylic acids is 2. The molecule has 0 atom stereocenters. The van der Waals surface area contributed by atoms with Gasteiger partial charge in [-0.1, -0.05) is 23.7 Å². The maximum Gasteiger partial charge on any atom is 0.293 e. The molecule has 0 saturated carbocycles. The lowest BCUT2D eigenvalue weighted by Gasteiger charge is -2.14. The Bertz CT molecular complexity index is 915. The number of benzene rings is 2. The summed E-state index contributed by atoms with van der Waals surface area (Å²) in [5, 5.41) is 9.90. The van der Waals surface area contributed by atoms with Gasteiger partial charge >= 0.3 is 0 Å². The van der Waals surface area contributed by atoms with Gasteiger partial charge in [0.05, 0.1) is 18.6 Å². The van der Waals surface area contributed by atoms with Crippen LogP contribution < -0.4 is 9.47 Å². The highest BCUT2D eigenvalue weighted by atomic mass is 35.5. The smallest absolute Gasteiger partial charge is 0.293 e. The molecule has 3 rings (SSSR count). The molecule has 1 saturated heterocycles. The van der Waals surface area contributed by atoms with Gasteiger partial charge in [0.15, 0.2) is 11.5 Å². The standard InChI is InChI=1S/C19H16ClNO5S/c1-25-15-4-2-3-5-16(15)26-9-8-21-18(23)17(27-19(21)24)11-12-10-13(20)6-7-14(12)22/h2-7,10-11,22H,8-9H2,1H3/b17-11-. The zero-order chi connectivity index (χ0) is 19.4. The first-order chi connectivity index (χ1) is 13.0. The highest BCUT2D eigenvalue weighted by Crippen LogP contribution is 2.34. The van der Waals surface area contributed by atoms with E-state index in [-0.39, 0.29) is 23.8 Å². The number of rotatable bonds is 6. The fourth-order valence-electron chi connectivity index (χ4n) is 2.46. The van der Waals surface area contributed by atoms with E-state index in [1.54, 1.807) is 18.2 Å². The van der Waals surface area contributed by atoms with E-state index >= 15 is 0 Å². The van der Waals surface area contributed by atoms with Crippen molar-refractivity contribution in [2.45, 2.75) is 0 Å². The van der Waals surface area contributed by atoms with Crippen LogP contribution in [0.1, 0.15) is 5.56 Å². The van der Waals surface area contributed by atoms with Gasteiger partial charge in [0.1, 0.15) is 12.4 Å². The largest absolute Gasteiger partial charge is 0.507 e. The minimum Gasteiger partial charge on any atom is -0.507 e. The molecular weight excluding hydrogens is 390 g/mol. The third-order valence-electron chi connectivity index (χ3n) is 3.79. The van der Waals surface area contributed by atoms with Gasteiger partial charge in [0, 0.05) is 10.6 Å². The van der Waals surface area contributed by atoms with Crippen molar-refractivity contribution < 1.29 is 24.2 Å². The lowest BCUT2D eigenvalue weighted by molar-refractivity contribution is -0.123. The molecule has 1 N–H and O–H groups in total. The van der Waals surface area contributed by atoms with Gasteiger partial charge in [-0.15, -0.1) is 0 Å². The second-order valence-corrected chi connectivity index (χ2v) is 6.97. The maximum atomic E-state index is 12.5. The van der Waals surface area contributed by atoms with Crippen molar-refractivity contribution in [1.82, 2.24) is 4.90 Å². The van der Waals surface area contributed by atoms with Crippen molar-refractivity contribution in [3.8, 4) is 17.2 Å². The SMILES string of the molecule is COc1ccccc1OCCN1C(=O)S/C(=C\c2cc(Cl)ccc2O)C1=O. The van der Waals surface area contributed by atoms with Crippen molar-refractivity contribution in [3.05, 3.63) is 58.0 Å². The summed E-state index contributed by atoms with van der Waals surface area (Å²) in [6.07, 6.45) is 1.45. The highest BCUT2D eigenvalue weighted by Gasteiger charge is 2.35. The average molecular weight is 406 g/mol. The number of hydrogen-bond acceptors (Lipinski definition) is 6. The topological polar surface area (TPSA) is 76.1 Å². The van der Waals surface area contributed by atoms with Gasteiger partial charge in [-0.2, -0.15) is 0 Å². The fourth-order valence-corrected chi connectivity index (χ4v) is 3.50. The minimum absolute atomic E-state index is 0.0225. The number of carbonyl (C=O) groups is 2. The number of para-hydroxylation sites is 2. The number of amides is 2. The maximum absolute atomic E-state index is 12.5. The molecule has 0 bridgehead atoms. The lowest BCUT2D eigenvalue weighted by atomic mass is 10.2. The molecular formula is C19H16ClNO5S. The van der Waals surface area contributed by atoms with Crippen molar-refractivity contribution in [2.24, 2.45) is 0 Å². The molecule has 1 fully saturated rings. The van der Waals surface area contributed by atoms with Gasteiger partial charge in [-0.3, -0.25) is 14.5 Å². The number of ether oxygens (including phenoxy) is 2. The van der Waals surface area contributed by atoms with E-state index in [2.05, 4.69) is 0 Å². The first-order valence-corrected chi connectivity index (χ1v) is 9.18. The van der Waals surface area contributed by atoms with Crippen LogP contribution in [0.2, 0.25) is 5.02 Å². The molecule has 2 aromatic carbocycles. The number of imide groups is 1. The van der Waals surface area contributed by atoms with E-state index in [0.29, 0.717) is 22.1 Å². The molecule has 8 heteroatoms. The zero-order valence-electron chi connectivity index (χ0n) is 14.3. The summed E-state index contributed by atoms with van der Waals surface area (Å²) < 4.78 is 10.8. The Hall–Kier alpha value is -2.64. The molecule has 0 unspecified atom stereocenters. The third kappa shape index (κ3) is 4.37. The predicted molar refractivity (Wildman–Crippen MR) is 104 cm³/mol. The van der Waals surface area contributed by atoms with E-state index in [0.717, 1.165) is 16.7 Å². The van der Waals surface area contributed by atoms with Crippen LogP contribution >= 0.6 is 23.4 Å².